The number of nitrogens with one attached hydrogen (secondary N) is 1. The van der Waals surface area contributed by atoms with E-state index in [-0.39, 0.29) is 23.8 Å². The van der Waals surface area contributed by atoms with Gasteiger partial charge in [0.25, 0.3) is 5.91 Å². The molecule has 2 amide bonds. The lowest BCUT2D eigenvalue weighted by atomic mass is 10.1. The minimum absolute atomic E-state index is 0.0428. The molecule has 0 aromatic heterocycles. The second kappa shape index (κ2) is 9.45. The minimum Gasteiger partial charge on any atom is -0.484 e. The number of halogens is 1. The molecule has 1 fully saturated rings. The fraction of sp³-hybridized carbons (Fsp3) is 0.167. The Balaban J connectivity index is 1.44. The molecule has 1 aliphatic heterocycles. The fourth-order valence-corrected chi connectivity index (χ4v) is 4.67. The molecule has 5 nitrogen and oxygen atoms in total. The molecular weight excluding hydrogens is 432 g/mol. The first-order valence-corrected chi connectivity index (χ1v) is 11.2. The van der Waals surface area contributed by atoms with Gasteiger partial charge in [0.15, 0.2) is 6.61 Å². The van der Waals surface area contributed by atoms with Crippen molar-refractivity contribution in [3.8, 4) is 5.75 Å². The Morgan fingerprint density at radius 3 is 2.68 bits per heavy atom. The van der Waals surface area contributed by atoms with E-state index < -0.39 is 0 Å². The number of benzene rings is 3. The molecule has 31 heavy (non-hydrogen) atoms. The number of hydrogen-bond donors (Lipinski definition) is 1. The van der Waals surface area contributed by atoms with Gasteiger partial charge in [-0.15, -0.1) is 11.8 Å². The summed E-state index contributed by atoms with van der Waals surface area (Å²) >= 11 is 7.55. The van der Waals surface area contributed by atoms with Gasteiger partial charge in [0.1, 0.15) is 11.1 Å². The van der Waals surface area contributed by atoms with E-state index >= 15 is 0 Å². The lowest BCUT2D eigenvalue weighted by Gasteiger charge is -2.24. The van der Waals surface area contributed by atoms with Crippen LogP contribution in [0.4, 0.5) is 11.4 Å². The number of rotatable bonds is 6. The Hall–Kier alpha value is -2.96. The molecule has 1 saturated heterocycles. The van der Waals surface area contributed by atoms with E-state index in [4.69, 9.17) is 16.3 Å². The standard InChI is InChI=1S/C24H21ClN2O3S/c1-16-4-2-6-19(12-16)26-22(28)14-30-21-7-3-5-17(13-21)24-27(23(29)15-31-24)20-10-8-18(25)9-11-20/h2-13,24H,14-15H2,1H3,(H,26,28)/t24-/m1/s1. The van der Waals surface area contributed by atoms with Crippen molar-refractivity contribution in [2.75, 3.05) is 22.6 Å². The van der Waals surface area contributed by atoms with Crippen LogP contribution in [0.3, 0.4) is 0 Å². The quantitative estimate of drug-likeness (QED) is 0.540. The number of hydrogen-bond acceptors (Lipinski definition) is 4. The van der Waals surface area contributed by atoms with Gasteiger partial charge in [-0.25, -0.2) is 0 Å². The fourth-order valence-electron chi connectivity index (χ4n) is 3.38. The summed E-state index contributed by atoms with van der Waals surface area (Å²) in [5, 5.41) is 3.29. The van der Waals surface area contributed by atoms with E-state index in [0.717, 1.165) is 22.5 Å². The summed E-state index contributed by atoms with van der Waals surface area (Å²) in [6.45, 7) is 1.87. The van der Waals surface area contributed by atoms with Crippen molar-refractivity contribution in [1.82, 2.24) is 0 Å². The molecule has 3 aromatic rings. The van der Waals surface area contributed by atoms with Crippen LogP contribution in [0.5, 0.6) is 5.75 Å². The van der Waals surface area contributed by atoms with Gasteiger partial charge in [-0.2, -0.15) is 0 Å². The zero-order chi connectivity index (χ0) is 21.8. The van der Waals surface area contributed by atoms with Gasteiger partial charge in [0, 0.05) is 16.4 Å². The Morgan fingerprint density at radius 2 is 1.90 bits per heavy atom. The number of nitrogens with zero attached hydrogens (tertiary/aromatic N) is 1. The molecule has 0 bridgehead atoms. The largest absolute Gasteiger partial charge is 0.484 e. The summed E-state index contributed by atoms with van der Waals surface area (Å²) in [5.41, 5.74) is 3.54. The first-order chi connectivity index (χ1) is 15.0. The second-order valence-corrected chi connectivity index (χ2v) is 8.69. The third-order valence-corrected chi connectivity index (χ3v) is 6.25. The lowest BCUT2D eigenvalue weighted by Crippen LogP contribution is -2.27. The van der Waals surface area contributed by atoms with Crippen LogP contribution >= 0.6 is 23.4 Å². The molecule has 158 valence electrons. The molecule has 1 atom stereocenters. The number of carbonyl (C=O) groups is 2. The summed E-state index contributed by atoms with van der Waals surface area (Å²) in [6, 6.07) is 22.3. The second-order valence-electron chi connectivity index (χ2n) is 7.18. The van der Waals surface area contributed by atoms with Crippen molar-refractivity contribution in [3.63, 3.8) is 0 Å². The maximum Gasteiger partial charge on any atom is 0.262 e. The van der Waals surface area contributed by atoms with E-state index in [1.807, 2.05) is 61.5 Å². The van der Waals surface area contributed by atoms with E-state index in [0.29, 0.717) is 16.5 Å². The average molecular weight is 453 g/mol. The molecule has 1 heterocycles. The maximum atomic E-state index is 12.5. The Labute approximate surface area is 190 Å². The predicted molar refractivity (Wildman–Crippen MR) is 126 cm³/mol. The third kappa shape index (κ3) is 5.21. The molecular formula is C24H21ClN2O3S. The highest BCUT2D eigenvalue weighted by atomic mass is 35.5. The van der Waals surface area contributed by atoms with Crippen molar-refractivity contribution in [3.05, 3.63) is 88.9 Å². The third-order valence-electron chi connectivity index (χ3n) is 4.79. The summed E-state index contributed by atoms with van der Waals surface area (Å²) in [4.78, 5) is 26.5. The zero-order valence-corrected chi connectivity index (χ0v) is 18.5. The lowest BCUT2D eigenvalue weighted by molar-refractivity contribution is -0.118. The molecule has 0 spiro atoms. The molecule has 3 aromatic carbocycles. The van der Waals surface area contributed by atoms with Crippen LogP contribution in [-0.4, -0.2) is 24.2 Å². The van der Waals surface area contributed by atoms with Gasteiger partial charge in [-0.3, -0.25) is 14.5 Å². The summed E-state index contributed by atoms with van der Waals surface area (Å²) in [7, 11) is 0. The van der Waals surface area contributed by atoms with Crippen LogP contribution in [0, 0.1) is 6.92 Å². The Kier molecular flexibility index (Phi) is 6.49. The first kappa shape index (κ1) is 21.3. The van der Waals surface area contributed by atoms with E-state index in [1.54, 1.807) is 34.9 Å². The molecule has 0 unspecified atom stereocenters. The number of carbonyl (C=O) groups excluding carboxylic acids is 2. The highest BCUT2D eigenvalue weighted by Gasteiger charge is 2.34. The molecule has 0 aliphatic carbocycles. The van der Waals surface area contributed by atoms with Crippen molar-refractivity contribution in [2.45, 2.75) is 12.3 Å². The van der Waals surface area contributed by atoms with E-state index in [2.05, 4.69) is 5.32 Å². The highest BCUT2D eigenvalue weighted by Crippen LogP contribution is 2.42. The number of amides is 2. The SMILES string of the molecule is Cc1cccc(NC(=O)COc2cccc([C@H]3SCC(=O)N3c3ccc(Cl)cc3)c2)c1. The van der Waals surface area contributed by atoms with Crippen LogP contribution in [0.15, 0.2) is 72.8 Å². The highest BCUT2D eigenvalue weighted by molar-refractivity contribution is 8.00. The van der Waals surface area contributed by atoms with E-state index in [9.17, 15) is 9.59 Å². The van der Waals surface area contributed by atoms with Crippen LogP contribution in [0.1, 0.15) is 16.5 Å². The van der Waals surface area contributed by atoms with Crippen molar-refractivity contribution >= 4 is 46.6 Å². The monoisotopic (exact) mass is 452 g/mol. The normalized spacial score (nSPS) is 15.7. The number of ether oxygens (including phenoxy) is 1. The van der Waals surface area contributed by atoms with Crippen molar-refractivity contribution < 1.29 is 14.3 Å². The van der Waals surface area contributed by atoms with Gasteiger partial charge < -0.3 is 10.1 Å². The molecule has 0 radical (unpaired) electrons. The van der Waals surface area contributed by atoms with Gasteiger partial charge in [-0.1, -0.05) is 35.9 Å². The number of aryl methyl sites for hydroxylation is 1. The van der Waals surface area contributed by atoms with Crippen LogP contribution in [0.2, 0.25) is 5.02 Å². The van der Waals surface area contributed by atoms with Crippen LogP contribution in [0.25, 0.3) is 0 Å². The maximum absolute atomic E-state index is 12.5. The minimum atomic E-state index is -0.232. The first-order valence-electron chi connectivity index (χ1n) is 9.78. The van der Waals surface area contributed by atoms with Crippen molar-refractivity contribution in [2.24, 2.45) is 0 Å². The topological polar surface area (TPSA) is 58.6 Å². The van der Waals surface area contributed by atoms with Gasteiger partial charge in [-0.05, 0) is 66.6 Å². The van der Waals surface area contributed by atoms with Gasteiger partial charge in [0.2, 0.25) is 5.91 Å². The summed E-state index contributed by atoms with van der Waals surface area (Å²) in [6.07, 6.45) is 0. The van der Waals surface area contributed by atoms with E-state index in [1.165, 1.54) is 0 Å². The average Bonchev–Trinajstić information content (AvgIpc) is 3.14. The number of anilines is 2. The Morgan fingerprint density at radius 1 is 1.13 bits per heavy atom. The summed E-state index contributed by atoms with van der Waals surface area (Å²) in [5.74, 6) is 0.787. The number of thioether (sulfide) groups is 1. The molecule has 4 rings (SSSR count). The van der Waals surface area contributed by atoms with Crippen LogP contribution in [-0.2, 0) is 9.59 Å². The molecule has 1 N–H and O–H groups in total. The smallest absolute Gasteiger partial charge is 0.262 e. The van der Waals surface area contributed by atoms with Gasteiger partial charge >= 0.3 is 0 Å². The summed E-state index contributed by atoms with van der Waals surface area (Å²) < 4.78 is 5.71. The molecule has 0 saturated carbocycles. The van der Waals surface area contributed by atoms with Crippen molar-refractivity contribution in [1.29, 1.82) is 0 Å². The Bertz CT molecular complexity index is 1100. The zero-order valence-electron chi connectivity index (χ0n) is 16.9. The molecule has 7 heteroatoms. The van der Waals surface area contributed by atoms with Crippen LogP contribution < -0.4 is 15.0 Å². The predicted octanol–water partition coefficient (Wildman–Crippen LogP) is 5.44. The molecule has 1 aliphatic rings. The van der Waals surface area contributed by atoms with Gasteiger partial charge in [0.05, 0.1) is 5.75 Å².